The molecule has 0 bridgehead atoms. The van der Waals surface area contributed by atoms with Crippen LogP contribution < -0.4 is 14.2 Å². The summed E-state index contributed by atoms with van der Waals surface area (Å²) in [5.74, 6) is 0.539. The molecule has 3 aromatic carbocycles. The molecule has 0 aromatic heterocycles. The molecule has 1 atom stereocenters. The Morgan fingerprint density at radius 1 is 0.698 bits per heavy atom. The van der Waals surface area contributed by atoms with E-state index >= 15 is 0 Å². The van der Waals surface area contributed by atoms with Crippen LogP contribution in [0.5, 0.6) is 17.2 Å². The lowest BCUT2D eigenvalue weighted by Crippen LogP contribution is -2.58. The van der Waals surface area contributed by atoms with Gasteiger partial charge >= 0.3 is 5.97 Å². The first-order valence-electron chi connectivity index (χ1n) is 21.6. The van der Waals surface area contributed by atoms with Crippen LogP contribution in [0.4, 0.5) is 0 Å². The Hall–Kier alpha value is -4.60. The van der Waals surface area contributed by atoms with Gasteiger partial charge in [0, 0.05) is 70.4 Å². The number of benzene rings is 3. The number of piperazine rings is 1. The number of hydrogen-bond donors (Lipinski definition) is 0. The van der Waals surface area contributed by atoms with E-state index < -0.39 is 16.8 Å². The molecule has 3 aromatic rings. The number of carbonyl (C=O) groups is 4. The quantitative estimate of drug-likeness (QED) is 0.171. The molecule has 0 spiro atoms. The van der Waals surface area contributed by atoms with Crippen molar-refractivity contribution in [1.82, 2.24) is 29.4 Å². The third kappa shape index (κ3) is 11.2. The molecule has 3 aliphatic rings. The first kappa shape index (κ1) is 47.9. The van der Waals surface area contributed by atoms with Crippen molar-refractivity contribution in [1.29, 1.82) is 0 Å². The minimum Gasteiger partial charge on any atom is -0.493 e. The Morgan fingerprint density at radius 3 is 1.97 bits per heavy atom. The number of esters is 1. The van der Waals surface area contributed by atoms with E-state index in [1.807, 2.05) is 70.1 Å². The summed E-state index contributed by atoms with van der Waals surface area (Å²) in [5.41, 5.74) is 1.42. The summed E-state index contributed by atoms with van der Waals surface area (Å²) in [6.45, 7) is 6.33. The van der Waals surface area contributed by atoms with E-state index in [2.05, 4.69) is 17.0 Å². The number of piperidine rings is 1. The molecule has 3 aliphatic heterocycles. The van der Waals surface area contributed by atoms with E-state index in [9.17, 15) is 19.2 Å². The van der Waals surface area contributed by atoms with Gasteiger partial charge in [0.25, 0.3) is 11.8 Å². The zero-order valence-corrected chi connectivity index (χ0v) is 39.0. The minimum absolute atomic E-state index is 0.0656. The van der Waals surface area contributed by atoms with Crippen molar-refractivity contribution < 1.29 is 38.1 Å². The van der Waals surface area contributed by atoms with Gasteiger partial charge in [-0.2, -0.15) is 0 Å². The number of amides is 3. The average molecular weight is 910 g/mol. The molecule has 0 N–H and O–H groups in total. The highest BCUT2D eigenvalue weighted by Crippen LogP contribution is 2.44. The number of likely N-dealkylation sites (tertiary alicyclic amines) is 2. The molecule has 1 unspecified atom stereocenters. The van der Waals surface area contributed by atoms with Crippen LogP contribution in [0, 0.1) is 0 Å². The van der Waals surface area contributed by atoms with E-state index in [-0.39, 0.29) is 30.9 Å². The third-order valence-electron chi connectivity index (χ3n) is 13.1. The molecule has 3 heterocycles. The van der Waals surface area contributed by atoms with Gasteiger partial charge in [-0.05, 0) is 94.8 Å². The van der Waals surface area contributed by atoms with Gasteiger partial charge in [0.2, 0.25) is 11.7 Å². The molecule has 3 amide bonds. The van der Waals surface area contributed by atoms with Crippen molar-refractivity contribution in [3.63, 3.8) is 0 Å². The molecule has 14 nitrogen and oxygen atoms in total. The number of halogens is 2. The molecule has 3 saturated heterocycles. The van der Waals surface area contributed by atoms with Crippen LogP contribution in [-0.2, 0) is 30.0 Å². The maximum absolute atomic E-state index is 14.7. The predicted octanol–water partition coefficient (Wildman–Crippen LogP) is 4.93. The molecule has 6 rings (SSSR count). The largest absolute Gasteiger partial charge is 0.493 e. The fourth-order valence-electron chi connectivity index (χ4n) is 9.12. The Labute approximate surface area is 381 Å². The zero-order chi connectivity index (χ0) is 45.3. The van der Waals surface area contributed by atoms with E-state index in [0.717, 1.165) is 50.1 Å². The number of nitrogens with zero attached hydrogens (tertiary/aromatic N) is 6. The number of methoxy groups -OCH3 is 3. The van der Waals surface area contributed by atoms with Gasteiger partial charge < -0.3 is 43.4 Å². The van der Waals surface area contributed by atoms with Crippen molar-refractivity contribution in [2.24, 2.45) is 0 Å². The summed E-state index contributed by atoms with van der Waals surface area (Å²) in [6.07, 6.45) is 2.81. The molecule has 0 saturated carbocycles. The molecule has 63 heavy (non-hydrogen) atoms. The second-order valence-corrected chi connectivity index (χ2v) is 18.0. The first-order chi connectivity index (χ1) is 30.2. The van der Waals surface area contributed by atoms with E-state index in [0.29, 0.717) is 91.5 Å². The van der Waals surface area contributed by atoms with Crippen molar-refractivity contribution in [3.8, 4) is 17.2 Å². The lowest BCUT2D eigenvalue weighted by atomic mass is 9.71. The molecular formula is C47H62Cl2N6O8. The summed E-state index contributed by atoms with van der Waals surface area (Å²) >= 11 is 13.0. The monoisotopic (exact) mass is 908 g/mol. The lowest BCUT2D eigenvalue weighted by molar-refractivity contribution is -0.153. The van der Waals surface area contributed by atoms with Crippen molar-refractivity contribution in [3.05, 3.63) is 87.4 Å². The van der Waals surface area contributed by atoms with E-state index in [1.54, 1.807) is 24.1 Å². The number of ether oxygens (including phenoxy) is 4. The SMILES string of the molecule is COc1cc(C(=O)N2CCC(CCN3CCC(C(=O)N4CCN(CC(=O)OCC(=O)N(C)CCN(C)C)CC4)(c4ccccc4)CC3)(c3ccc(Cl)c(Cl)c3)C2)cc(OC)c1OC. The number of carbonyl (C=O) groups excluding carboxylic acids is 4. The van der Waals surface area contributed by atoms with Crippen LogP contribution in [0.25, 0.3) is 0 Å². The fourth-order valence-corrected chi connectivity index (χ4v) is 9.42. The summed E-state index contributed by atoms with van der Waals surface area (Å²) in [5, 5.41) is 0.947. The van der Waals surface area contributed by atoms with Gasteiger partial charge in [-0.1, -0.05) is 59.6 Å². The van der Waals surface area contributed by atoms with Crippen LogP contribution in [-0.4, -0.2) is 181 Å². The zero-order valence-electron chi connectivity index (χ0n) is 37.5. The number of likely N-dealkylation sites (N-methyl/N-ethyl adjacent to an activating group) is 2. The second-order valence-electron chi connectivity index (χ2n) is 17.2. The number of rotatable bonds is 17. The van der Waals surface area contributed by atoms with Crippen molar-refractivity contribution in [2.75, 3.05) is 128 Å². The Balaban J connectivity index is 1.09. The summed E-state index contributed by atoms with van der Waals surface area (Å²) < 4.78 is 21.9. The van der Waals surface area contributed by atoms with Gasteiger partial charge in [-0.3, -0.25) is 24.1 Å². The fraction of sp³-hybridized carbons (Fsp3) is 0.532. The standard InChI is InChI=1S/C47H62Cl2N6O8/c1-50(2)22-23-51(3)41(56)32-63-42(57)31-53-24-26-54(27-25-53)45(59)47(35-10-8-7-9-11-35)16-19-52(20-17-47)18-14-46(36-12-13-37(48)38(49)30-36)15-21-55(33-46)44(58)34-28-39(60-4)43(62-6)40(29-34)61-5/h7-13,28-30H,14-27,31-33H2,1-6H3. The predicted molar refractivity (Wildman–Crippen MR) is 243 cm³/mol. The van der Waals surface area contributed by atoms with Gasteiger partial charge in [0.15, 0.2) is 18.1 Å². The van der Waals surface area contributed by atoms with E-state index in [4.69, 9.17) is 42.1 Å². The lowest BCUT2D eigenvalue weighted by Gasteiger charge is -2.46. The summed E-state index contributed by atoms with van der Waals surface area (Å²) in [4.78, 5) is 65.8. The highest BCUT2D eigenvalue weighted by molar-refractivity contribution is 6.42. The summed E-state index contributed by atoms with van der Waals surface area (Å²) in [6, 6.07) is 19.3. The third-order valence-corrected chi connectivity index (χ3v) is 13.9. The molecule has 0 radical (unpaired) electrons. The van der Waals surface area contributed by atoms with E-state index in [1.165, 1.54) is 21.3 Å². The van der Waals surface area contributed by atoms with Gasteiger partial charge in [-0.15, -0.1) is 0 Å². The average Bonchev–Trinajstić information content (AvgIpc) is 3.75. The van der Waals surface area contributed by atoms with Crippen molar-refractivity contribution in [2.45, 2.75) is 36.5 Å². The first-order valence-corrected chi connectivity index (χ1v) is 22.4. The molecule has 3 fully saturated rings. The molecular weight excluding hydrogens is 847 g/mol. The van der Waals surface area contributed by atoms with Gasteiger partial charge in [0.1, 0.15) is 0 Å². The molecule has 16 heteroatoms. The normalized spacial score (nSPS) is 19.2. The molecule has 0 aliphatic carbocycles. The summed E-state index contributed by atoms with van der Waals surface area (Å²) in [7, 11) is 10.2. The Morgan fingerprint density at radius 2 is 1.37 bits per heavy atom. The minimum atomic E-state index is -0.684. The number of hydrogen-bond acceptors (Lipinski definition) is 11. The highest BCUT2D eigenvalue weighted by Gasteiger charge is 2.47. The second kappa shape index (κ2) is 21.4. The van der Waals surface area contributed by atoms with Crippen LogP contribution in [0.2, 0.25) is 10.0 Å². The maximum atomic E-state index is 14.7. The maximum Gasteiger partial charge on any atom is 0.320 e. The molecule has 342 valence electrons. The van der Waals surface area contributed by atoms with Crippen LogP contribution >= 0.6 is 23.2 Å². The Bertz CT molecular complexity index is 2050. The highest BCUT2D eigenvalue weighted by atomic mass is 35.5. The van der Waals surface area contributed by atoms with Crippen LogP contribution in [0.3, 0.4) is 0 Å². The van der Waals surface area contributed by atoms with Gasteiger partial charge in [-0.25, -0.2) is 0 Å². The van der Waals surface area contributed by atoms with Crippen LogP contribution in [0.1, 0.15) is 47.2 Å². The Kier molecular flexibility index (Phi) is 16.2. The van der Waals surface area contributed by atoms with Crippen LogP contribution in [0.15, 0.2) is 60.7 Å². The van der Waals surface area contributed by atoms with Crippen molar-refractivity contribution >= 4 is 46.9 Å². The van der Waals surface area contributed by atoms with Gasteiger partial charge in [0.05, 0.1) is 43.3 Å². The topological polar surface area (TPSA) is 125 Å². The smallest absolute Gasteiger partial charge is 0.320 e.